The van der Waals surface area contributed by atoms with Crippen molar-refractivity contribution in [3.63, 3.8) is 0 Å². The first-order chi connectivity index (χ1) is 12.0. The fraction of sp³-hybridized carbons (Fsp3) is 0.111. The second kappa shape index (κ2) is 6.56. The molecule has 0 fully saturated rings. The van der Waals surface area contributed by atoms with E-state index in [1.165, 1.54) is 0 Å². The minimum Gasteiger partial charge on any atom is -0.481 e. The molecular formula is C18H14N2O5. The Bertz CT molecular complexity index is 838. The van der Waals surface area contributed by atoms with Crippen molar-refractivity contribution in [1.82, 2.24) is 4.90 Å². The van der Waals surface area contributed by atoms with Gasteiger partial charge in [0, 0.05) is 5.69 Å². The van der Waals surface area contributed by atoms with Crippen molar-refractivity contribution >= 4 is 29.4 Å². The summed E-state index contributed by atoms with van der Waals surface area (Å²) >= 11 is 0. The number of carboxylic acid groups (broad SMARTS) is 1. The number of carbonyl (C=O) groups excluding carboxylic acids is 3. The lowest BCUT2D eigenvalue weighted by molar-refractivity contribution is -0.136. The van der Waals surface area contributed by atoms with E-state index in [1.54, 1.807) is 48.5 Å². The molecular weight excluding hydrogens is 324 g/mol. The maximum atomic E-state index is 12.2. The predicted molar refractivity (Wildman–Crippen MR) is 88.2 cm³/mol. The summed E-state index contributed by atoms with van der Waals surface area (Å²) in [5, 5.41) is 11.3. The number of anilines is 1. The quantitative estimate of drug-likeness (QED) is 0.805. The Labute approximate surface area is 142 Å². The largest absolute Gasteiger partial charge is 0.481 e. The predicted octanol–water partition coefficient (Wildman–Crippen LogP) is 1.55. The molecule has 2 aromatic carbocycles. The van der Waals surface area contributed by atoms with Crippen molar-refractivity contribution < 1.29 is 24.3 Å². The Hall–Kier alpha value is -3.48. The number of hydrogen-bond donors (Lipinski definition) is 2. The SMILES string of the molecule is O=C(O)Cc1ccc(NC(=O)CN2C(=O)c3ccccc3C2=O)cc1. The number of hydrogen-bond acceptors (Lipinski definition) is 4. The van der Waals surface area contributed by atoms with Crippen LogP contribution in [0.2, 0.25) is 0 Å². The summed E-state index contributed by atoms with van der Waals surface area (Å²) in [7, 11) is 0. The summed E-state index contributed by atoms with van der Waals surface area (Å²) in [4.78, 5) is 48.1. The summed E-state index contributed by atoms with van der Waals surface area (Å²) in [6.45, 7) is -0.386. The molecule has 7 nitrogen and oxygen atoms in total. The van der Waals surface area contributed by atoms with E-state index in [1.807, 2.05) is 0 Å². The summed E-state index contributed by atoms with van der Waals surface area (Å²) < 4.78 is 0. The summed E-state index contributed by atoms with van der Waals surface area (Å²) in [5.74, 6) is -2.44. The summed E-state index contributed by atoms with van der Waals surface area (Å²) in [5.41, 5.74) is 1.64. The fourth-order valence-electron chi connectivity index (χ4n) is 2.61. The van der Waals surface area contributed by atoms with Crippen LogP contribution in [0.5, 0.6) is 0 Å². The molecule has 3 amide bonds. The van der Waals surface area contributed by atoms with Gasteiger partial charge in [0.2, 0.25) is 5.91 Å². The van der Waals surface area contributed by atoms with E-state index in [9.17, 15) is 19.2 Å². The Morgan fingerprint density at radius 2 is 1.48 bits per heavy atom. The van der Waals surface area contributed by atoms with Crippen LogP contribution in [0, 0.1) is 0 Å². The van der Waals surface area contributed by atoms with Crippen LogP contribution >= 0.6 is 0 Å². The number of aliphatic carboxylic acids is 1. The lowest BCUT2D eigenvalue weighted by Crippen LogP contribution is -2.37. The number of imide groups is 1. The third-order valence-electron chi connectivity index (χ3n) is 3.77. The second-order valence-electron chi connectivity index (χ2n) is 5.56. The maximum absolute atomic E-state index is 12.2. The van der Waals surface area contributed by atoms with Crippen LogP contribution in [0.1, 0.15) is 26.3 Å². The number of amides is 3. The molecule has 1 aliphatic rings. The van der Waals surface area contributed by atoms with Crippen LogP contribution < -0.4 is 5.32 Å². The van der Waals surface area contributed by atoms with Gasteiger partial charge in [0.1, 0.15) is 6.54 Å². The minimum absolute atomic E-state index is 0.108. The highest BCUT2D eigenvalue weighted by atomic mass is 16.4. The van der Waals surface area contributed by atoms with E-state index in [0.29, 0.717) is 22.4 Å². The van der Waals surface area contributed by atoms with Crippen LogP contribution in [0.25, 0.3) is 0 Å². The molecule has 2 N–H and O–H groups in total. The van der Waals surface area contributed by atoms with Crippen molar-refractivity contribution in [3.05, 3.63) is 65.2 Å². The molecule has 2 aromatic rings. The first kappa shape index (κ1) is 16.4. The average Bonchev–Trinajstić information content (AvgIpc) is 2.82. The molecule has 0 bridgehead atoms. The van der Waals surface area contributed by atoms with E-state index in [2.05, 4.69) is 5.32 Å². The molecule has 0 aromatic heterocycles. The number of fused-ring (bicyclic) bond motifs is 1. The lowest BCUT2D eigenvalue weighted by atomic mass is 10.1. The number of carbonyl (C=O) groups is 4. The molecule has 0 saturated heterocycles. The zero-order valence-electron chi connectivity index (χ0n) is 13.1. The highest BCUT2D eigenvalue weighted by molar-refractivity contribution is 6.22. The normalized spacial score (nSPS) is 12.9. The number of carboxylic acids is 1. The Balaban J connectivity index is 1.65. The fourth-order valence-corrected chi connectivity index (χ4v) is 2.61. The molecule has 25 heavy (non-hydrogen) atoms. The number of rotatable bonds is 5. The van der Waals surface area contributed by atoms with Crippen LogP contribution in [0.15, 0.2) is 48.5 Å². The number of nitrogens with zero attached hydrogens (tertiary/aromatic N) is 1. The highest BCUT2D eigenvalue weighted by Gasteiger charge is 2.36. The topological polar surface area (TPSA) is 104 Å². The van der Waals surface area contributed by atoms with Gasteiger partial charge in [-0.15, -0.1) is 0 Å². The van der Waals surface area contributed by atoms with E-state index in [4.69, 9.17) is 5.11 Å². The van der Waals surface area contributed by atoms with E-state index in [-0.39, 0.29) is 13.0 Å². The van der Waals surface area contributed by atoms with Crippen LogP contribution in [-0.4, -0.2) is 40.2 Å². The molecule has 7 heteroatoms. The molecule has 1 heterocycles. The lowest BCUT2D eigenvalue weighted by Gasteiger charge is -2.13. The summed E-state index contributed by atoms with van der Waals surface area (Å²) in [6.07, 6.45) is -0.108. The zero-order valence-corrected chi connectivity index (χ0v) is 13.1. The average molecular weight is 338 g/mol. The van der Waals surface area contributed by atoms with Crippen LogP contribution in [0.3, 0.4) is 0 Å². The van der Waals surface area contributed by atoms with Gasteiger partial charge >= 0.3 is 5.97 Å². The zero-order chi connectivity index (χ0) is 18.0. The molecule has 0 spiro atoms. The summed E-state index contributed by atoms with van der Waals surface area (Å²) in [6, 6.07) is 12.7. The van der Waals surface area contributed by atoms with Crippen molar-refractivity contribution in [2.45, 2.75) is 6.42 Å². The molecule has 0 radical (unpaired) electrons. The van der Waals surface area contributed by atoms with Gasteiger partial charge in [-0.3, -0.25) is 24.1 Å². The van der Waals surface area contributed by atoms with Gasteiger partial charge in [0.25, 0.3) is 11.8 Å². The monoisotopic (exact) mass is 338 g/mol. The molecule has 3 rings (SSSR count). The Kier molecular flexibility index (Phi) is 4.30. The third kappa shape index (κ3) is 3.40. The van der Waals surface area contributed by atoms with Gasteiger partial charge in [0.15, 0.2) is 0 Å². The smallest absolute Gasteiger partial charge is 0.307 e. The number of nitrogens with one attached hydrogen (secondary N) is 1. The van der Waals surface area contributed by atoms with Gasteiger partial charge in [-0.05, 0) is 29.8 Å². The first-order valence-electron chi connectivity index (χ1n) is 7.51. The van der Waals surface area contributed by atoms with Crippen LogP contribution in [0.4, 0.5) is 5.69 Å². The van der Waals surface area contributed by atoms with Crippen molar-refractivity contribution in [2.24, 2.45) is 0 Å². The molecule has 126 valence electrons. The van der Waals surface area contributed by atoms with Crippen molar-refractivity contribution in [1.29, 1.82) is 0 Å². The molecule has 0 unspecified atom stereocenters. The van der Waals surface area contributed by atoms with E-state index in [0.717, 1.165) is 4.90 Å². The maximum Gasteiger partial charge on any atom is 0.307 e. The van der Waals surface area contributed by atoms with Gasteiger partial charge in [-0.2, -0.15) is 0 Å². The minimum atomic E-state index is -0.942. The van der Waals surface area contributed by atoms with Crippen molar-refractivity contribution in [2.75, 3.05) is 11.9 Å². The highest BCUT2D eigenvalue weighted by Crippen LogP contribution is 2.22. The second-order valence-corrected chi connectivity index (χ2v) is 5.56. The molecule has 0 atom stereocenters. The molecule has 0 aliphatic carbocycles. The third-order valence-corrected chi connectivity index (χ3v) is 3.77. The van der Waals surface area contributed by atoms with Crippen LogP contribution in [-0.2, 0) is 16.0 Å². The van der Waals surface area contributed by atoms with Crippen molar-refractivity contribution in [3.8, 4) is 0 Å². The van der Waals surface area contributed by atoms with E-state index < -0.39 is 23.7 Å². The Morgan fingerprint density at radius 1 is 0.920 bits per heavy atom. The standard InChI is InChI=1S/C18H14N2O5/c21-15(19-12-7-5-11(6-8-12)9-16(22)23)10-20-17(24)13-3-1-2-4-14(13)18(20)25/h1-8H,9-10H2,(H,19,21)(H,22,23). The molecule has 0 saturated carbocycles. The number of benzene rings is 2. The van der Waals surface area contributed by atoms with Gasteiger partial charge in [-0.25, -0.2) is 0 Å². The van der Waals surface area contributed by atoms with Gasteiger partial charge < -0.3 is 10.4 Å². The van der Waals surface area contributed by atoms with E-state index >= 15 is 0 Å². The first-order valence-corrected chi connectivity index (χ1v) is 7.51. The van der Waals surface area contributed by atoms with Gasteiger partial charge in [0.05, 0.1) is 17.5 Å². The Morgan fingerprint density at radius 3 is 2.00 bits per heavy atom. The molecule has 1 aliphatic heterocycles. The van der Waals surface area contributed by atoms with Gasteiger partial charge in [-0.1, -0.05) is 24.3 Å².